The van der Waals surface area contributed by atoms with Gasteiger partial charge in [0, 0.05) is 18.5 Å². The van der Waals surface area contributed by atoms with Crippen LogP contribution < -0.4 is 11.1 Å². The van der Waals surface area contributed by atoms with Crippen molar-refractivity contribution < 1.29 is 4.79 Å². The fourth-order valence-electron chi connectivity index (χ4n) is 1.09. The first-order chi connectivity index (χ1) is 5.24. The van der Waals surface area contributed by atoms with Crippen molar-refractivity contribution in [3.05, 3.63) is 0 Å². The summed E-state index contributed by atoms with van der Waals surface area (Å²) >= 11 is 0. The van der Waals surface area contributed by atoms with Crippen molar-refractivity contribution in [1.29, 1.82) is 0 Å². The zero-order valence-electron chi connectivity index (χ0n) is 6.97. The Morgan fingerprint density at radius 3 is 2.73 bits per heavy atom. The molecule has 3 nitrogen and oxygen atoms in total. The van der Waals surface area contributed by atoms with Gasteiger partial charge in [-0.05, 0) is 19.8 Å². The van der Waals surface area contributed by atoms with Crippen molar-refractivity contribution in [2.75, 3.05) is 6.54 Å². The van der Waals surface area contributed by atoms with Crippen LogP contribution in [0.2, 0.25) is 0 Å². The number of hydrogen-bond donors (Lipinski definition) is 2. The first-order valence-electron chi connectivity index (χ1n) is 4.24. The van der Waals surface area contributed by atoms with Gasteiger partial charge in [-0.2, -0.15) is 0 Å². The lowest BCUT2D eigenvalue weighted by Crippen LogP contribution is -2.42. The third kappa shape index (κ3) is 2.19. The molecule has 0 aromatic carbocycles. The fraction of sp³-hybridized carbons (Fsp3) is 0.875. The van der Waals surface area contributed by atoms with Gasteiger partial charge in [-0.25, -0.2) is 0 Å². The highest BCUT2D eigenvalue weighted by atomic mass is 16.1. The minimum atomic E-state index is 0.128. The van der Waals surface area contributed by atoms with Crippen LogP contribution in [0, 0.1) is 5.92 Å². The zero-order valence-corrected chi connectivity index (χ0v) is 6.97. The minimum absolute atomic E-state index is 0.128. The van der Waals surface area contributed by atoms with Gasteiger partial charge in [0.05, 0.1) is 0 Å². The molecule has 3 N–H and O–H groups in total. The molecule has 1 fully saturated rings. The number of amides is 1. The Morgan fingerprint density at radius 1 is 1.73 bits per heavy atom. The third-order valence-corrected chi connectivity index (χ3v) is 2.22. The maximum atomic E-state index is 11.2. The molecule has 0 heterocycles. The first kappa shape index (κ1) is 8.53. The van der Waals surface area contributed by atoms with E-state index in [4.69, 9.17) is 5.73 Å². The van der Waals surface area contributed by atoms with E-state index in [1.807, 2.05) is 6.92 Å². The largest absolute Gasteiger partial charge is 0.352 e. The van der Waals surface area contributed by atoms with E-state index in [0.29, 0.717) is 6.54 Å². The Morgan fingerprint density at radius 2 is 2.36 bits per heavy atom. The summed E-state index contributed by atoms with van der Waals surface area (Å²) in [5, 5.41) is 2.87. The van der Waals surface area contributed by atoms with Crippen molar-refractivity contribution >= 4 is 5.91 Å². The number of carbonyl (C=O) groups excluding carboxylic acids is 1. The molecule has 0 aromatic rings. The van der Waals surface area contributed by atoms with E-state index in [2.05, 4.69) is 5.32 Å². The highest BCUT2D eigenvalue weighted by Crippen LogP contribution is 2.26. The van der Waals surface area contributed by atoms with Gasteiger partial charge in [0.25, 0.3) is 0 Å². The maximum absolute atomic E-state index is 11.2. The Bertz CT molecular complexity index is 143. The molecule has 0 spiro atoms. The summed E-state index contributed by atoms with van der Waals surface area (Å²) in [5.41, 5.74) is 5.37. The summed E-state index contributed by atoms with van der Waals surface area (Å²) in [6.07, 6.45) is 3.32. The number of carbonyl (C=O) groups is 1. The molecule has 0 bridgehead atoms. The lowest BCUT2D eigenvalue weighted by atomic mass is 9.84. The van der Waals surface area contributed by atoms with Gasteiger partial charge in [0.2, 0.25) is 5.91 Å². The van der Waals surface area contributed by atoms with Crippen LogP contribution in [0.25, 0.3) is 0 Å². The van der Waals surface area contributed by atoms with Crippen LogP contribution in [0.3, 0.4) is 0 Å². The Balaban J connectivity index is 2.19. The zero-order chi connectivity index (χ0) is 8.27. The average molecular weight is 156 g/mol. The maximum Gasteiger partial charge on any atom is 0.223 e. The van der Waals surface area contributed by atoms with E-state index in [9.17, 15) is 4.79 Å². The van der Waals surface area contributed by atoms with E-state index < -0.39 is 0 Å². The second kappa shape index (κ2) is 3.72. The van der Waals surface area contributed by atoms with E-state index in [0.717, 1.165) is 12.8 Å². The molecule has 1 rings (SSSR count). The Labute approximate surface area is 67.3 Å². The number of hydrogen-bond acceptors (Lipinski definition) is 2. The SMILES string of the molecule is C[C@@H](CN)NC(=O)C1CCC1. The summed E-state index contributed by atoms with van der Waals surface area (Å²) in [6, 6.07) is 0.128. The van der Waals surface area contributed by atoms with Crippen LogP contribution in [-0.2, 0) is 4.79 Å². The summed E-state index contributed by atoms with van der Waals surface area (Å²) in [5.74, 6) is 0.471. The van der Waals surface area contributed by atoms with Crippen LogP contribution >= 0.6 is 0 Å². The first-order valence-corrected chi connectivity index (χ1v) is 4.24. The third-order valence-electron chi connectivity index (χ3n) is 2.22. The molecule has 0 radical (unpaired) electrons. The molecule has 0 saturated heterocycles. The molecule has 1 saturated carbocycles. The number of nitrogens with two attached hydrogens (primary N) is 1. The molecule has 0 unspecified atom stereocenters. The lowest BCUT2D eigenvalue weighted by Gasteiger charge is -2.25. The molecule has 1 aliphatic carbocycles. The summed E-state index contributed by atoms with van der Waals surface area (Å²) in [7, 11) is 0. The predicted octanol–water partition coefficient (Wildman–Crippen LogP) is 0.250. The van der Waals surface area contributed by atoms with E-state index in [1.54, 1.807) is 0 Å². The lowest BCUT2D eigenvalue weighted by molar-refractivity contribution is -0.127. The van der Waals surface area contributed by atoms with Gasteiger partial charge in [-0.1, -0.05) is 6.42 Å². The molecule has 1 atom stereocenters. The molecular formula is C8H16N2O. The Hall–Kier alpha value is -0.570. The van der Waals surface area contributed by atoms with E-state index in [-0.39, 0.29) is 17.9 Å². The average Bonchev–Trinajstić information content (AvgIpc) is 1.83. The highest BCUT2D eigenvalue weighted by Gasteiger charge is 2.25. The highest BCUT2D eigenvalue weighted by molar-refractivity contribution is 5.79. The summed E-state index contributed by atoms with van der Waals surface area (Å²) < 4.78 is 0. The number of rotatable bonds is 3. The molecule has 64 valence electrons. The van der Waals surface area contributed by atoms with Crippen LogP contribution in [-0.4, -0.2) is 18.5 Å². The van der Waals surface area contributed by atoms with Crippen molar-refractivity contribution in [2.45, 2.75) is 32.2 Å². The van der Waals surface area contributed by atoms with Crippen LogP contribution in [0.5, 0.6) is 0 Å². The smallest absolute Gasteiger partial charge is 0.223 e. The van der Waals surface area contributed by atoms with Gasteiger partial charge in [-0.15, -0.1) is 0 Å². The molecular weight excluding hydrogens is 140 g/mol. The van der Waals surface area contributed by atoms with E-state index in [1.165, 1.54) is 6.42 Å². The molecule has 0 aromatic heterocycles. The predicted molar refractivity (Wildman–Crippen MR) is 44.0 cm³/mol. The van der Waals surface area contributed by atoms with Crippen LogP contribution in [0.4, 0.5) is 0 Å². The van der Waals surface area contributed by atoms with Crippen LogP contribution in [0.15, 0.2) is 0 Å². The minimum Gasteiger partial charge on any atom is -0.352 e. The van der Waals surface area contributed by atoms with Crippen molar-refractivity contribution in [2.24, 2.45) is 11.7 Å². The monoisotopic (exact) mass is 156 g/mol. The summed E-state index contributed by atoms with van der Waals surface area (Å²) in [4.78, 5) is 11.2. The molecule has 1 aliphatic rings. The molecule has 11 heavy (non-hydrogen) atoms. The van der Waals surface area contributed by atoms with E-state index >= 15 is 0 Å². The molecule has 0 aliphatic heterocycles. The van der Waals surface area contributed by atoms with Crippen molar-refractivity contribution in [3.63, 3.8) is 0 Å². The fourth-order valence-corrected chi connectivity index (χ4v) is 1.09. The molecule has 1 amide bonds. The van der Waals surface area contributed by atoms with Gasteiger partial charge >= 0.3 is 0 Å². The second-order valence-electron chi connectivity index (χ2n) is 3.27. The normalized spacial score (nSPS) is 20.5. The summed E-state index contributed by atoms with van der Waals surface area (Å²) in [6.45, 7) is 2.45. The second-order valence-corrected chi connectivity index (χ2v) is 3.27. The van der Waals surface area contributed by atoms with Crippen LogP contribution in [0.1, 0.15) is 26.2 Å². The molecule has 3 heteroatoms. The van der Waals surface area contributed by atoms with Gasteiger partial charge in [-0.3, -0.25) is 4.79 Å². The van der Waals surface area contributed by atoms with Gasteiger partial charge in [0.15, 0.2) is 0 Å². The standard InChI is InChI=1S/C8H16N2O/c1-6(5-9)10-8(11)7-3-2-4-7/h6-7H,2-5,9H2,1H3,(H,10,11)/t6-/m0/s1. The Kier molecular flexibility index (Phi) is 2.88. The van der Waals surface area contributed by atoms with Crippen molar-refractivity contribution in [3.8, 4) is 0 Å². The van der Waals surface area contributed by atoms with Crippen molar-refractivity contribution in [1.82, 2.24) is 5.32 Å². The number of nitrogens with one attached hydrogen (secondary N) is 1. The van der Waals surface area contributed by atoms with Gasteiger partial charge < -0.3 is 11.1 Å². The van der Waals surface area contributed by atoms with Gasteiger partial charge in [0.1, 0.15) is 0 Å². The quantitative estimate of drug-likeness (QED) is 0.615. The topological polar surface area (TPSA) is 55.1 Å².